The number of carbonyl (C=O) groups is 4. The van der Waals surface area contributed by atoms with E-state index >= 15 is 0 Å². The number of carboxylic acids is 2. The maximum Gasteiger partial charge on any atom is 0.323 e. The van der Waals surface area contributed by atoms with Crippen molar-refractivity contribution < 1.29 is 29.4 Å². The van der Waals surface area contributed by atoms with Crippen LogP contribution in [0.1, 0.15) is 6.92 Å². The number of urea groups is 1. The van der Waals surface area contributed by atoms with Gasteiger partial charge in [0.1, 0.15) is 19.1 Å². The lowest BCUT2D eigenvalue weighted by Crippen LogP contribution is -2.59. The highest BCUT2D eigenvalue weighted by atomic mass is 16.4. The van der Waals surface area contributed by atoms with E-state index in [9.17, 15) is 19.2 Å². The summed E-state index contributed by atoms with van der Waals surface area (Å²) in [5.74, 6) is -2.99. The van der Waals surface area contributed by atoms with Gasteiger partial charge in [-0.3, -0.25) is 14.4 Å². The van der Waals surface area contributed by atoms with E-state index in [-0.39, 0.29) is 19.0 Å². The molecule has 1 fully saturated rings. The van der Waals surface area contributed by atoms with Crippen molar-refractivity contribution in [3.63, 3.8) is 0 Å². The summed E-state index contributed by atoms with van der Waals surface area (Å²) in [7, 11) is 0. The molecule has 0 bridgehead atoms. The summed E-state index contributed by atoms with van der Waals surface area (Å²) in [6, 6.07) is -1.53. The molecule has 1 heterocycles. The van der Waals surface area contributed by atoms with Crippen molar-refractivity contribution in [3.05, 3.63) is 0 Å². The van der Waals surface area contributed by atoms with E-state index in [1.54, 1.807) is 0 Å². The van der Waals surface area contributed by atoms with Crippen LogP contribution in [0, 0.1) is 0 Å². The SMILES string of the molecule is CC1C(=O)NCCN1C(=O)N(CC(=O)O)CC(=O)O. The molecule has 9 nitrogen and oxygen atoms in total. The zero-order chi connectivity index (χ0) is 14.6. The number of carboxylic acid groups (broad SMARTS) is 2. The van der Waals surface area contributed by atoms with Crippen molar-refractivity contribution in [1.82, 2.24) is 15.1 Å². The van der Waals surface area contributed by atoms with Crippen molar-refractivity contribution in [3.8, 4) is 0 Å². The Hall–Kier alpha value is -2.32. The number of hydrogen-bond acceptors (Lipinski definition) is 4. The van der Waals surface area contributed by atoms with Gasteiger partial charge in [0.25, 0.3) is 0 Å². The van der Waals surface area contributed by atoms with E-state index in [0.29, 0.717) is 4.90 Å². The second-order valence-electron chi connectivity index (χ2n) is 4.09. The first-order valence-corrected chi connectivity index (χ1v) is 5.59. The average molecular weight is 273 g/mol. The zero-order valence-electron chi connectivity index (χ0n) is 10.3. The van der Waals surface area contributed by atoms with Crippen LogP contribution in [-0.2, 0) is 14.4 Å². The Morgan fingerprint density at radius 3 is 2.32 bits per heavy atom. The fraction of sp³-hybridized carbons (Fsp3) is 0.600. The molecule has 19 heavy (non-hydrogen) atoms. The normalized spacial score (nSPS) is 18.7. The Balaban J connectivity index is 2.82. The fourth-order valence-electron chi connectivity index (χ4n) is 1.74. The van der Waals surface area contributed by atoms with E-state index < -0.39 is 37.1 Å². The summed E-state index contributed by atoms with van der Waals surface area (Å²) < 4.78 is 0. The molecule has 3 amide bonds. The molecule has 1 atom stereocenters. The van der Waals surface area contributed by atoms with E-state index in [1.165, 1.54) is 6.92 Å². The smallest absolute Gasteiger partial charge is 0.323 e. The third-order valence-electron chi connectivity index (χ3n) is 2.67. The second-order valence-corrected chi connectivity index (χ2v) is 4.09. The van der Waals surface area contributed by atoms with Gasteiger partial charge in [-0.25, -0.2) is 4.79 Å². The highest BCUT2D eigenvalue weighted by Crippen LogP contribution is 2.08. The van der Waals surface area contributed by atoms with Crippen molar-refractivity contribution in [1.29, 1.82) is 0 Å². The third-order valence-corrected chi connectivity index (χ3v) is 2.67. The maximum absolute atomic E-state index is 12.1. The van der Waals surface area contributed by atoms with Gasteiger partial charge in [-0.2, -0.15) is 0 Å². The molecule has 0 aromatic heterocycles. The van der Waals surface area contributed by atoms with Gasteiger partial charge in [-0.15, -0.1) is 0 Å². The molecule has 0 spiro atoms. The minimum atomic E-state index is -1.32. The molecule has 0 aromatic carbocycles. The van der Waals surface area contributed by atoms with Crippen LogP contribution in [0.15, 0.2) is 0 Å². The first-order chi connectivity index (χ1) is 8.82. The van der Waals surface area contributed by atoms with Crippen LogP contribution >= 0.6 is 0 Å². The lowest BCUT2D eigenvalue weighted by atomic mass is 10.2. The van der Waals surface area contributed by atoms with Gasteiger partial charge in [0.05, 0.1) is 0 Å². The van der Waals surface area contributed by atoms with Crippen molar-refractivity contribution >= 4 is 23.9 Å². The topological polar surface area (TPSA) is 127 Å². The van der Waals surface area contributed by atoms with E-state index in [0.717, 1.165) is 4.90 Å². The predicted molar refractivity (Wildman–Crippen MR) is 61.4 cm³/mol. The molecule has 0 aliphatic carbocycles. The summed E-state index contributed by atoms with van der Waals surface area (Å²) in [4.78, 5) is 46.6. The van der Waals surface area contributed by atoms with Gasteiger partial charge >= 0.3 is 18.0 Å². The van der Waals surface area contributed by atoms with Crippen molar-refractivity contribution in [2.24, 2.45) is 0 Å². The van der Waals surface area contributed by atoms with Crippen molar-refractivity contribution in [2.45, 2.75) is 13.0 Å². The van der Waals surface area contributed by atoms with E-state index in [2.05, 4.69) is 5.32 Å². The van der Waals surface area contributed by atoms with Crippen LogP contribution in [0.4, 0.5) is 4.79 Å². The molecule has 1 aliphatic rings. The minimum Gasteiger partial charge on any atom is -0.480 e. The van der Waals surface area contributed by atoms with Crippen LogP contribution < -0.4 is 5.32 Å². The molecule has 3 N–H and O–H groups in total. The Bertz CT molecular complexity index is 394. The summed E-state index contributed by atoms with van der Waals surface area (Å²) in [6.07, 6.45) is 0. The predicted octanol–water partition coefficient (Wildman–Crippen LogP) is -1.60. The maximum atomic E-state index is 12.1. The quantitative estimate of drug-likeness (QED) is 0.566. The fourth-order valence-corrected chi connectivity index (χ4v) is 1.74. The van der Waals surface area contributed by atoms with Crippen LogP contribution in [0.25, 0.3) is 0 Å². The number of nitrogens with one attached hydrogen (secondary N) is 1. The number of nitrogens with zero attached hydrogens (tertiary/aromatic N) is 2. The Labute approximate surface area is 108 Å². The molecule has 1 aliphatic heterocycles. The summed E-state index contributed by atoms with van der Waals surface area (Å²) >= 11 is 0. The zero-order valence-corrected chi connectivity index (χ0v) is 10.3. The summed E-state index contributed by atoms with van der Waals surface area (Å²) in [5, 5.41) is 19.9. The third kappa shape index (κ3) is 3.83. The molecular weight excluding hydrogens is 258 g/mol. The van der Waals surface area contributed by atoms with Crippen LogP contribution in [0.2, 0.25) is 0 Å². The molecule has 0 aromatic rings. The van der Waals surface area contributed by atoms with Gasteiger partial charge in [-0.05, 0) is 6.92 Å². The van der Waals surface area contributed by atoms with Gasteiger partial charge in [0.15, 0.2) is 0 Å². The number of rotatable bonds is 4. The lowest BCUT2D eigenvalue weighted by molar-refractivity contribution is -0.140. The summed E-state index contributed by atoms with van der Waals surface area (Å²) in [6.45, 7) is 0.502. The number of amides is 3. The van der Waals surface area contributed by atoms with E-state index in [1.807, 2.05) is 0 Å². The minimum absolute atomic E-state index is 0.210. The molecule has 106 valence electrons. The monoisotopic (exact) mass is 273 g/mol. The largest absolute Gasteiger partial charge is 0.480 e. The first-order valence-electron chi connectivity index (χ1n) is 5.59. The Morgan fingerprint density at radius 2 is 1.84 bits per heavy atom. The number of hydrogen-bond donors (Lipinski definition) is 3. The number of piperazine rings is 1. The van der Waals surface area contributed by atoms with Crippen LogP contribution in [-0.4, -0.2) is 76.1 Å². The van der Waals surface area contributed by atoms with Crippen LogP contribution in [0.3, 0.4) is 0 Å². The van der Waals surface area contributed by atoms with Gasteiger partial charge in [-0.1, -0.05) is 0 Å². The lowest BCUT2D eigenvalue weighted by Gasteiger charge is -2.35. The molecular formula is C10H15N3O6. The van der Waals surface area contributed by atoms with E-state index in [4.69, 9.17) is 10.2 Å². The Morgan fingerprint density at radius 1 is 1.32 bits per heavy atom. The van der Waals surface area contributed by atoms with Gasteiger partial charge < -0.3 is 25.3 Å². The van der Waals surface area contributed by atoms with Gasteiger partial charge in [0.2, 0.25) is 5.91 Å². The number of carbonyl (C=O) groups excluding carboxylic acids is 2. The molecule has 1 unspecified atom stereocenters. The molecule has 0 radical (unpaired) electrons. The first kappa shape index (κ1) is 14.7. The van der Waals surface area contributed by atoms with Gasteiger partial charge in [0, 0.05) is 13.1 Å². The number of aliphatic carboxylic acids is 2. The van der Waals surface area contributed by atoms with Crippen molar-refractivity contribution in [2.75, 3.05) is 26.2 Å². The molecule has 0 saturated carbocycles. The molecule has 1 rings (SSSR count). The standard InChI is InChI=1S/C10H15N3O6/c1-6-9(18)11-2-3-13(6)10(19)12(4-7(14)15)5-8(16)17/h6H,2-5H2,1H3,(H,11,18)(H,14,15)(H,16,17). The Kier molecular flexibility index (Phi) is 4.67. The highest BCUT2D eigenvalue weighted by molar-refractivity contribution is 5.90. The average Bonchev–Trinajstić information content (AvgIpc) is 2.30. The molecule has 9 heteroatoms. The second kappa shape index (κ2) is 6.03. The molecule has 1 saturated heterocycles. The summed E-state index contributed by atoms with van der Waals surface area (Å²) in [5.41, 5.74) is 0. The highest BCUT2D eigenvalue weighted by Gasteiger charge is 2.33. The van der Waals surface area contributed by atoms with Crippen LogP contribution in [0.5, 0.6) is 0 Å².